The van der Waals surface area contributed by atoms with E-state index in [1.54, 1.807) is 12.1 Å². The summed E-state index contributed by atoms with van der Waals surface area (Å²) in [6.07, 6.45) is 2.83. The lowest BCUT2D eigenvalue weighted by Gasteiger charge is -2.11. The van der Waals surface area contributed by atoms with E-state index in [-0.39, 0.29) is 11.5 Å². The number of amides is 1. The summed E-state index contributed by atoms with van der Waals surface area (Å²) in [4.78, 5) is 14.2. The number of aryl methyl sites for hydroxylation is 2. The number of hydrogen-bond acceptors (Lipinski definition) is 3. The Balaban J connectivity index is 2.21. The smallest absolute Gasteiger partial charge is 0.262 e. The van der Waals surface area contributed by atoms with E-state index in [1.807, 2.05) is 12.1 Å². The molecular weight excluding hydrogens is 311 g/mol. The van der Waals surface area contributed by atoms with Crippen LogP contribution >= 0.6 is 11.3 Å². The van der Waals surface area contributed by atoms with Gasteiger partial charge in [-0.3, -0.25) is 4.79 Å². The second-order valence-electron chi connectivity index (χ2n) is 5.22. The first-order chi connectivity index (χ1) is 11.1. The Hall–Kier alpha value is -2.19. The third-order valence-electron chi connectivity index (χ3n) is 3.60. The van der Waals surface area contributed by atoms with Crippen molar-refractivity contribution in [3.63, 3.8) is 0 Å². The van der Waals surface area contributed by atoms with Crippen LogP contribution in [0, 0.1) is 17.1 Å². The van der Waals surface area contributed by atoms with Crippen molar-refractivity contribution in [3.8, 4) is 6.07 Å². The first-order valence-electron chi connectivity index (χ1n) is 7.67. The Kier molecular flexibility index (Phi) is 5.89. The predicted octanol–water partition coefficient (Wildman–Crippen LogP) is 4.40. The maximum atomic E-state index is 13.8. The highest BCUT2D eigenvalue weighted by molar-refractivity contribution is 7.14. The number of hydrogen-bond donors (Lipinski definition) is 1. The fourth-order valence-electron chi connectivity index (χ4n) is 2.41. The van der Waals surface area contributed by atoms with Crippen molar-refractivity contribution in [2.75, 3.05) is 0 Å². The average Bonchev–Trinajstić information content (AvgIpc) is 2.97. The van der Waals surface area contributed by atoms with E-state index in [2.05, 4.69) is 19.2 Å². The standard InChI is InChI=1S/C18H19FN2OS/c1-3-7-16-12(4-2)10-17(23-16)18(22)21-15(11-20)13-8-5-6-9-14(13)19/h5-6,8-10,15H,3-4,7H2,1-2H3,(H,21,22). The van der Waals surface area contributed by atoms with Gasteiger partial charge in [-0.1, -0.05) is 38.5 Å². The quantitative estimate of drug-likeness (QED) is 0.853. The van der Waals surface area contributed by atoms with Gasteiger partial charge in [0.25, 0.3) is 5.91 Å². The molecule has 1 N–H and O–H groups in total. The number of carbonyl (C=O) groups is 1. The Labute approximate surface area is 139 Å². The van der Waals surface area contributed by atoms with Crippen molar-refractivity contribution in [1.29, 1.82) is 5.26 Å². The van der Waals surface area contributed by atoms with Crippen LogP contribution in [0.2, 0.25) is 0 Å². The molecule has 0 fully saturated rings. The van der Waals surface area contributed by atoms with Crippen LogP contribution in [-0.4, -0.2) is 5.91 Å². The molecule has 0 bridgehead atoms. The number of nitrogens with zero attached hydrogens (tertiary/aromatic N) is 1. The molecule has 0 saturated heterocycles. The number of thiophene rings is 1. The fourth-order valence-corrected chi connectivity index (χ4v) is 3.67. The minimum atomic E-state index is -0.995. The molecule has 1 aromatic carbocycles. The summed E-state index contributed by atoms with van der Waals surface area (Å²) in [5, 5.41) is 11.9. The van der Waals surface area contributed by atoms with Crippen LogP contribution in [0.25, 0.3) is 0 Å². The van der Waals surface area contributed by atoms with E-state index in [0.29, 0.717) is 4.88 Å². The normalized spacial score (nSPS) is 11.7. The molecule has 0 aliphatic carbocycles. The van der Waals surface area contributed by atoms with Gasteiger partial charge < -0.3 is 5.32 Å². The molecule has 2 rings (SSSR count). The molecule has 120 valence electrons. The van der Waals surface area contributed by atoms with Crippen molar-refractivity contribution < 1.29 is 9.18 Å². The molecule has 3 nitrogen and oxygen atoms in total. The van der Waals surface area contributed by atoms with Gasteiger partial charge >= 0.3 is 0 Å². The van der Waals surface area contributed by atoms with Crippen molar-refractivity contribution in [2.45, 2.75) is 39.2 Å². The van der Waals surface area contributed by atoms with Crippen LogP contribution in [0.3, 0.4) is 0 Å². The molecule has 0 saturated carbocycles. The third kappa shape index (κ3) is 3.96. The molecule has 1 atom stereocenters. The topological polar surface area (TPSA) is 52.9 Å². The van der Waals surface area contributed by atoms with Crippen molar-refractivity contribution >= 4 is 17.2 Å². The van der Waals surface area contributed by atoms with Crippen LogP contribution in [-0.2, 0) is 12.8 Å². The lowest BCUT2D eigenvalue weighted by molar-refractivity contribution is 0.0949. The van der Waals surface area contributed by atoms with E-state index in [9.17, 15) is 14.4 Å². The summed E-state index contributed by atoms with van der Waals surface area (Å²) in [7, 11) is 0. The van der Waals surface area contributed by atoms with Gasteiger partial charge in [-0.2, -0.15) is 5.26 Å². The van der Waals surface area contributed by atoms with Crippen LogP contribution in [0.15, 0.2) is 30.3 Å². The maximum absolute atomic E-state index is 13.8. The van der Waals surface area contributed by atoms with E-state index >= 15 is 0 Å². The molecule has 1 aromatic heterocycles. The SMILES string of the molecule is CCCc1sc(C(=O)NC(C#N)c2ccccc2F)cc1CC. The molecule has 0 spiro atoms. The highest BCUT2D eigenvalue weighted by Gasteiger charge is 2.20. The number of rotatable bonds is 6. The Morgan fingerprint density at radius 2 is 2.13 bits per heavy atom. The van der Waals surface area contributed by atoms with E-state index in [1.165, 1.54) is 33.9 Å². The largest absolute Gasteiger partial charge is 0.332 e. The van der Waals surface area contributed by atoms with Crippen molar-refractivity contribution in [1.82, 2.24) is 5.32 Å². The minimum Gasteiger partial charge on any atom is -0.332 e. The molecular formula is C18H19FN2OS. The Morgan fingerprint density at radius 1 is 1.39 bits per heavy atom. The highest BCUT2D eigenvalue weighted by Crippen LogP contribution is 2.25. The third-order valence-corrected chi connectivity index (χ3v) is 4.84. The van der Waals surface area contributed by atoms with Gasteiger partial charge in [-0.15, -0.1) is 11.3 Å². The number of benzene rings is 1. The second kappa shape index (κ2) is 7.89. The van der Waals surface area contributed by atoms with E-state index < -0.39 is 11.9 Å². The maximum Gasteiger partial charge on any atom is 0.262 e. The summed E-state index contributed by atoms with van der Waals surface area (Å²) in [5.74, 6) is -0.826. The number of nitrogens with one attached hydrogen (secondary N) is 1. The molecule has 1 unspecified atom stereocenters. The molecule has 5 heteroatoms. The number of carbonyl (C=O) groups excluding carboxylic acids is 1. The van der Waals surface area contributed by atoms with Crippen LogP contribution < -0.4 is 5.32 Å². The molecule has 0 aliphatic heterocycles. The lowest BCUT2D eigenvalue weighted by Crippen LogP contribution is -2.27. The minimum absolute atomic E-state index is 0.185. The molecule has 0 radical (unpaired) electrons. The lowest BCUT2D eigenvalue weighted by atomic mass is 10.1. The summed E-state index contributed by atoms with van der Waals surface area (Å²) >= 11 is 1.45. The molecule has 1 amide bonds. The average molecular weight is 330 g/mol. The van der Waals surface area contributed by atoms with E-state index in [4.69, 9.17) is 0 Å². The van der Waals surface area contributed by atoms with Gasteiger partial charge in [-0.25, -0.2) is 4.39 Å². The molecule has 1 heterocycles. The van der Waals surface area contributed by atoms with Gasteiger partial charge in [-0.05, 0) is 30.5 Å². The fraction of sp³-hybridized carbons (Fsp3) is 0.333. The summed E-state index contributed by atoms with van der Waals surface area (Å²) < 4.78 is 13.8. The zero-order valence-corrected chi connectivity index (χ0v) is 14.0. The highest BCUT2D eigenvalue weighted by atomic mass is 32.1. The Morgan fingerprint density at radius 3 is 2.74 bits per heavy atom. The predicted molar refractivity (Wildman–Crippen MR) is 89.9 cm³/mol. The zero-order chi connectivity index (χ0) is 16.8. The van der Waals surface area contributed by atoms with Gasteiger partial charge in [0.15, 0.2) is 0 Å². The zero-order valence-electron chi connectivity index (χ0n) is 13.2. The van der Waals surface area contributed by atoms with Gasteiger partial charge in [0, 0.05) is 10.4 Å². The first kappa shape index (κ1) is 17.2. The molecule has 0 aliphatic rings. The Bertz CT molecular complexity index is 733. The van der Waals surface area contributed by atoms with Gasteiger partial charge in [0.05, 0.1) is 10.9 Å². The van der Waals surface area contributed by atoms with E-state index in [0.717, 1.165) is 19.3 Å². The second-order valence-corrected chi connectivity index (χ2v) is 6.36. The first-order valence-corrected chi connectivity index (χ1v) is 8.48. The summed E-state index contributed by atoms with van der Waals surface area (Å²) in [5.41, 5.74) is 1.35. The monoisotopic (exact) mass is 330 g/mol. The molecule has 23 heavy (non-hydrogen) atoms. The van der Waals surface area contributed by atoms with Crippen LogP contribution in [0.4, 0.5) is 4.39 Å². The van der Waals surface area contributed by atoms with Gasteiger partial charge in [0.2, 0.25) is 0 Å². The van der Waals surface area contributed by atoms with Gasteiger partial charge in [0.1, 0.15) is 11.9 Å². The number of halogens is 1. The molecule has 2 aromatic rings. The van der Waals surface area contributed by atoms with Crippen molar-refractivity contribution in [2.24, 2.45) is 0 Å². The van der Waals surface area contributed by atoms with Crippen LogP contribution in [0.5, 0.6) is 0 Å². The number of nitriles is 1. The van der Waals surface area contributed by atoms with Crippen LogP contribution in [0.1, 0.15) is 52.0 Å². The summed E-state index contributed by atoms with van der Waals surface area (Å²) in [6.45, 7) is 4.16. The summed E-state index contributed by atoms with van der Waals surface area (Å²) in [6, 6.07) is 8.83. The van der Waals surface area contributed by atoms with Crippen molar-refractivity contribution in [3.05, 3.63) is 57.0 Å².